The standard InChI is InChI=1S/C15H26N2/c1-13(2)15-8-6-14(7-9-15)12-17(4)11-5-10-16-3/h6-9,13,16H,5,10-12H2,1-4H3. The fourth-order valence-electron chi connectivity index (χ4n) is 1.92. The van der Waals surface area contributed by atoms with Crippen molar-refractivity contribution in [2.24, 2.45) is 0 Å². The van der Waals surface area contributed by atoms with Gasteiger partial charge in [-0.05, 0) is 50.7 Å². The molecule has 0 radical (unpaired) electrons. The van der Waals surface area contributed by atoms with Crippen LogP contribution in [-0.4, -0.2) is 32.1 Å². The summed E-state index contributed by atoms with van der Waals surface area (Å²) in [7, 11) is 4.19. The van der Waals surface area contributed by atoms with E-state index in [0.29, 0.717) is 5.92 Å². The molecule has 1 N–H and O–H groups in total. The minimum Gasteiger partial charge on any atom is -0.320 e. The molecular weight excluding hydrogens is 208 g/mol. The molecule has 1 rings (SSSR count). The smallest absolute Gasteiger partial charge is 0.0230 e. The molecule has 0 saturated heterocycles. The summed E-state index contributed by atoms with van der Waals surface area (Å²) in [5.74, 6) is 0.623. The molecule has 0 aliphatic heterocycles. The van der Waals surface area contributed by atoms with Crippen molar-refractivity contribution >= 4 is 0 Å². The van der Waals surface area contributed by atoms with Gasteiger partial charge in [-0.15, -0.1) is 0 Å². The Balaban J connectivity index is 2.40. The molecule has 17 heavy (non-hydrogen) atoms. The van der Waals surface area contributed by atoms with Crippen LogP contribution in [0.2, 0.25) is 0 Å². The SMILES string of the molecule is CNCCCN(C)Cc1ccc(C(C)C)cc1. The molecule has 0 fully saturated rings. The second kappa shape index (κ2) is 7.46. The number of hydrogen-bond acceptors (Lipinski definition) is 2. The summed E-state index contributed by atoms with van der Waals surface area (Å²) in [6.07, 6.45) is 1.21. The Kier molecular flexibility index (Phi) is 6.23. The van der Waals surface area contributed by atoms with Gasteiger partial charge in [-0.2, -0.15) is 0 Å². The third-order valence-electron chi connectivity index (χ3n) is 3.07. The highest BCUT2D eigenvalue weighted by Gasteiger charge is 2.02. The van der Waals surface area contributed by atoms with Gasteiger partial charge in [-0.3, -0.25) is 0 Å². The van der Waals surface area contributed by atoms with Crippen molar-refractivity contribution in [3.05, 3.63) is 35.4 Å². The molecule has 1 aromatic rings. The van der Waals surface area contributed by atoms with E-state index in [2.05, 4.69) is 55.4 Å². The molecule has 0 heterocycles. The first-order valence-corrected chi connectivity index (χ1v) is 6.55. The highest BCUT2D eigenvalue weighted by Crippen LogP contribution is 2.15. The molecule has 0 aliphatic carbocycles. The molecule has 0 atom stereocenters. The first-order chi connectivity index (χ1) is 8.13. The van der Waals surface area contributed by atoms with Crippen molar-refractivity contribution in [2.75, 3.05) is 27.2 Å². The van der Waals surface area contributed by atoms with Gasteiger partial charge in [0.25, 0.3) is 0 Å². The van der Waals surface area contributed by atoms with Crippen molar-refractivity contribution in [3.8, 4) is 0 Å². The number of nitrogens with zero attached hydrogens (tertiary/aromatic N) is 1. The topological polar surface area (TPSA) is 15.3 Å². The maximum atomic E-state index is 3.18. The van der Waals surface area contributed by atoms with Crippen LogP contribution in [-0.2, 0) is 6.54 Å². The minimum atomic E-state index is 0.623. The summed E-state index contributed by atoms with van der Waals surface area (Å²) in [6, 6.07) is 9.01. The Labute approximate surface area is 106 Å². The quantitative estimate of drug-likeness (QED) is 0.730. The van der Waals surface area contributed by atoms with Crippen molar-refractivity contribution in [3.63, 3.8) is 0 Å². The van der Waals surface area contributed by atoms with Gasteiger partial charge in [0, 0.05) is 6.54 Å². The molecule has 1 aromatic carbocycles. The number of benzene rings is 1. The number of rotatable bonds is 7. The zero-order valence-electron chi connectivity index (χ0n) is 11.7. The number of nitrogens with one attached hydrogen (secondary N) is 1. The van der Waals surface area contributed by atoms with Gasteiger partial charge in [0.1, 0.15) is 0 Å². The van der Waals surface area contributed by atoms with Crippen molar-refractivity contribution in [1.82, 2.24) is 10.2 Å². The van der Waals surface area contributed by atoms with Crippen LogP contribution in [0.1, 0.15) is 37.3 Å². The molecule has 0 spiro atoms. The highest BCUT2D eigenvalue weighted by atomic mass is 15.1. The van der Waals surface area contributed by atoms with E-state index in [0.717, 1.165) is 19.6 Å². The van der Waals surface area contributed by atoms with E-state index in [1.54, 1.807) is 0 Å². The van der Waals surface area contributed by atoms with Gasteiger partial charge in [-0.25, -0.2) is 0 Å². The van der Waals surface area contributed by atoms with Gasteiger partial charge in [-0.1, -0.05) is 38.1 Å². The highest BCUT2D eigenvalue weighted by molar-refractivity contribution is 5.24. The maximum absolute atomic E-state index is 3.18. The molecule has 2 heteroatoms. The maximum Gasteiger partial charge on any atom is 0.0230 e. The van der Waals surface area contributed by atoms with Crippen LogP contribution in [0.15, 0.2) is 24.3 Å². The Bertz CT molecular complexity index is 303. The Morgan fingerprint density at radius 3 is 2.35 bits per heavy atom. The molecule has 96 valence electrons. The Morgan fingerprint density at radius 2 is 1.82 bits per heavy atom. The van der Waals surface area contributed by atoms with Gasteiger partial charge < -0.3 is 10.2 Å². The lowest BCUT2D eigenvalue weighted by Gasteiger charge is -2.17. The summed E-state index contributed by atoms with van der Waals surface area (Å²) >= 11 is 0. The monoisotopic (exact) mass is 234 g/mol. The minimum absolute atomic E-state index is 0.623. The summed E-state index contributed by atoms with van der Waals surface area (Å²) in [5, 5.41) is 3.18. The summed E-state index contributed by atoms with van der Waals surface area (Å²) in [6.45, 7) is 7.75. The van der Waals surface area contributed by atoms with Gasteiger partial charge in [0.05, 0.1) is 0 Å². The average molecular weight is 234 g/mol. The molecule has 0 aromatic heterocycles. The summed E-state index contributed by atoms with van der Waals surface area (Å²) < 4.78 is 0. The van der Waals surface area contributed by atoms with Gasteiger partial charge >= 0.3 is 0 Å². The first kappa shape index (κ1) is 14.2. The van der Waals surface area contributed by atoms with E-state index < -0.39 is 0 Å². The predicted molar refractivity (Wildman–Crippen MR) is 75.4 cm³/mol. The third-order valence-corrected chi connectivity index (χ3v) is 3.07. The lowest BCUT2D eigenvalue weighted by atomic mass is 10.0. The third kappa shape index (κ3) is 5.33. The van der Waals surface area contributed by atoms with Crippen LogP contribution in [0.3, 0.4) is 0 Å². The van der Waals surface area contributed by atoms with Crippen molar-refractivity contribution < 1.29 is 0 Å². The van der Waals surface area contributed by atoms with Crippen molar-refractivity contribution in [1.29, 1.82) is 0 Å². The average Bonchev–Trinajstić information content (AvgIpc) is 2.30. The van der Waals surface area contributed by atoms with E-state index in [1.807, 2.05) is 7.05 Å². The zero-order chi connectivity index (χ0) is 12.7. The van der Waals surface area contributed by atoms with Crippen LogP contribution >= 0.6 is 0 Å². The molecule has 0 amide bonds. The molecule has 0 saturated carbocycles. The second-order valence-corrected chi connectivity index (χ2v) is 5.09. The first-order valence-electron chi connectivity index (χ1n) is 6.55. The Morgan fingerprint density at radius 1 is 1.18 bits per heavy atom. The summed E-state index contributed by atoms with van der Waals surface area (Å²) in [4.78, 5) is 2.38. The Hall–Kier alpha value is -0.860. The van der Waals surface area contributed by atoms with Crippen LogP contribution in [0.4, 0.5) is 0 Å². The second-order valence-electron chi connectivity index (χ2n) is 5.09. The van der Waals surface area contributed by atoms with Gasteiger partial charge in [0.15, 0.2) is 0 Å². The van der Waals surface area contributed by atoms with Crippen LogP contribution in [0, 0.1) is 0 Å². The van der Waals surface area contributed by atoms with Crippen LogP contribution in [0.25, 0.3) is 0 Å². The largest absolute Gasteiger partial charge is 0.320 e. The molecule has 0 aliphatic rings. The fourth-order valence-corrected chi connectivity index (χ4v) is 1.92. The van der Waals surface area contributed by atoms with E-state index in [-0.39, 0.29) is 0 Å². The zero-order valence-corrected chi connectivity index (χ0v) is 11.7. The predicted octanol–water partition coefficient (Wildman–Crippen LogP) is 2.85. The molecule has 2 nitrogen and oxygen atoms in total. The lowest BCUT2D eigenvalue weighted by molar-refractivity contribution is 0.321. The van der Waals surface area contributed by atoms with Crippen molar-refractivity contribution in [2.45, 2.75) is 32.7 Å². The van der Waals surface area contributed by atoms with E-state index in [9.17, 15) is 0 Å². The lowest BCUT2D eigenvalue weighted by Crippen LogP contribution is -2.22. The van der Waals surface area contributed by atoms with E-state index in [4.69, 9.17) is 0 Å². The van der Waals surface area contributed by atoms with Gasteiger partial charge in [0.2, 0.25) is 0 Å². The summed E-state index contributed by atoms with van der Waals surface area (Å²) in [5.41, 5.74) is 2.83. The molecule has 0 bridgehead atoms. The van der Waals surface area contributed by atoms with Crippen LogP contribution < -0.4 is 5.32 Å². The van der Waals surface area contributed by atoms with E-state index >= 15 is 0 Å². The molecule has 0 unspecified atom stereocenters. The fraction of sp³-hybridized carbons (Fsp3) is 0.600. The van der Waals surface area contributed by atoms with E-state index in [1.165, 1.54) is 17.5 Å². The van der Waals surface area contributed by atoms with Crippen LogP contribution in [0.5, 0.6) is 0 Å². The normalized spacial score (nSPS) is 11.4. The number of hydrogen-bond donors (Lipinski definition) is 1. The molecular formula is C15H26N2.